The van der Waals surface area contributed by atoms with Gasteiger partial charge in [-0.2, -0.15) is 4.57 Å². The number of allylic oxidation sites excluding steroid dienone is 4. The number of nitrogens with zero attached hydrogens (tertiary/aromatic N) is 2. The molecule has 2 aliphatic rings. The third kappa shape index (κ3) is 4.57. The Morgan fingerprint density at radius 2 is 1.52 bits per heavy atom. The van der Waals surface area contributed by atoms with Crippen LogP contribution in [0.5, 0.6) is 0 Å². The van der Waals surface area contributed by atoms with Gasteiger partial charge in [-0.3, -0.25) is 0 Å². The molecule has 0 atom stereocenters. The molecule has 0 unspecified atom stereocenters. The van der Waals surface area contributed by atoms with Crippen LogP contribution in [0, 0.1) is 5.41 Å². The molecule has 0 N–H and O–H groups in total. The average Bonchev–Trinajstić information content (AvgIpc) is 3.44. The molecule has 0 bridgehead atoms. The second-order valence-electron chi connectivity index (χ2n) is 11.8. The summed E-state index contributed by atoms with van der Waals surface area (Å²) in [4.78, 5) is 3.85. The summed E-state index contributed by atoms with van der Waals surface area (Å²) in [7, 11) is 0. The number of thioether (sulfide) groups is 1. The summed E-state index contributed by atoms with van der Waals surface area (Å²) in [5.41, 5.74) is 5.75. The van der Waals surface area contributed by atoms with Crippen LogP contribution in [0.4, 0.5) is 5.69 Å². The van der Waals surface area contributed by atoms with Crippen molar-refractivity contribution >= 4 is 66.6 Å². The molecule has 2 heterocycles. The van der Waals surface area contributed by atoms with Crippen LogP contribution >= 0.6 is 23.1 Å². The van der Waals surface area contributed by atoms with Gasteiger partial charge < -0.3 is 4.90 Å². The van der Waals surface area contributed by atoms with E-state index in [1.807, 2.05) is 23.1 Å². The van der Waals surface area contributed by atoms with Crippen molar-refractivity contribution in [3.8, 4) is 0 Å². The number of fused-ring (bicyclic) bond motifs is 4. The standard InChI is InChI=1S/C36H35N2S2/c1-5-37-30-18-26-11-7-9-13-28(26)20-32(30)39-34(37)16-24-15-25(23-36(3,4)22-24)17-35-38(6-2)31-19-27-12-8-10-14-29(27)21-33(31)40-35/h7-21H,5-6,22-23H2,1-4H3/q+1. The van der Waals surface area contributed by atoms with Gasteiger partial charge in [0.2, 0.25) is 5.52 Å². The van der Waals surface area contributed by atoms with Crippen molar-refractivity contribution in [3.05, 3.63) is 106 Å². The van der Waals surface area contributed by atoms with Gasteiger partial charge in [0.05, 0.1) is 10.7 Å². The Labute approximate surface area is 245 Å². The first-order valence-corrected chi connectivity index (χ1v) is 16.0. The van der Waals surface area contributed by atoms with E-state index in [0.29, 0.717) is 0 Å². The van der Waals surface area contributed by atoms with Crippen molar-refractivity contribution < 1.29 is 4.57 Å². The largest absolute Gasteiger partial charge is 0.335 e. The predicted molar refractivity (Wildman–Crippen MR) is 175 cm³/mol. The molecule has 1 aliphatic carbocycles. The lowest BCUT2D eigenvalue weighted by atomic mass is 9.75. The molecular formula is C36H35N2S2+. The van der Waals surface area contributed by atoms with E-state index in [-0.39, 0.29) is 5.41 Å². The lowest BCUT2D eigenvalue weighted by Crippen LogP contribution is -2.33. The van der Waals surface area contributed by atoms with Crippen LogP contribution in [0.1, 0.15) is 45.5 Å². The SMILES string of the molecule is CCN1C(=CC2=CC(=Cc3sc4cc5ccccc5cc4[n+]3CC)CC(C)(C)C2)Sc2cc3ccccc3cc21. The van der Waals surface area contributed by atoms with E-state index in [2.05, 4.69) is 128 Å². The van der Waals surface area contributed by atoms with E-state index >= 15 is 0 Å². The van der Waals surface area contributed by atoms with Crippen LogP contribution in [-0.4, -0.2) is 6.54 Å². The number of benzene rings is 4. The zero-order valence-corrected chi connectivity index (χ0v) is 25.3. The monoisotopic (exact) mass is 559 g/mol. The number of hydrogen-bond acceptors (Lipinski definition) is 3. The van der Waals surface area contributed by atoms with Crippen molar-refractivity contribution in [1.82, 2.24) is 0 Å². The molecule has 1 aliphatic heterocycles. The summed E-state index contributed by atoms with van der Waals surface area (Å²) >= 11 is 3.83. The van der Waals surface area contributed by atoms with Crippen molar-refractivity contribution in [2.45, 2.75) is 52.0 Å². The van der Waals surface area contributed by atoms with Crippen LogP contribution in [0.15, 0.2) is 106 Å². The third-order valence-corrected chi connectivity index (χ3v) is 10.4. The zero-order chi connectivity index (χ0) is 27.4. The molecule has 40 heavy (non-hydrogen) atoms. The maximum absolute atomic E-state index is 2.49. The van der Waals surface area contributed by atoms with Gasteiger partial charge in [-0.1, -0.05) is 91.6 Å². The fourth-order valence-corrected chi connectivity index (χ4v) is 8.92. The molecular weight excluding hydrogens is 525 g/mol. The molecule has 2 nitrogen and oxygen atoms in total. The topological polar surface area (TPSA) is 7.12 Å². The summed E-state index contributed by atoms with van der Waals surface area (Å²) in [5, 5.41) is 7.93. The molecule has 4 aromatic carbocycles. The van der Waals surface area contributed by atoms with E-state index in [0.717, 1.165) is 25.9 Å². The lowest BCUT2D eigenvalue weighted by Gasteiger charge is -2.31. The minimum absolute atomic E-state index is 0.219. The Balaban J connectivity index is 1.28. The van der Waals surface area contributed by atoms with Crippen molar-refractivity contribution in [2.75, 3.05) is 11.4 Å². The van der Waals surface area contributed by atoms with Crippen LogP contribution in [0.25, 0.3) is 37.8 Å². The first-order chi connectivity index (χ1) is 19.4. The second-order valence-corrected chi connectivity index (χ2v) is 13.9. The number of anilines is 1. The van der Waals surface area contributed by atoms with Gasteiger partial charge in [0.25, 0.3) is 5.01 Å². The summed E-state index contributed by atoms with van der Waals surface area (Å²) < 4.78 is 3.85. The Kier molecular flexibility index (Phi) is 6.36. The lowest BCUT2D eigenvalue weighted by molar-refractivity contribution is -0.665. The maximum atomic E-state index is 2.49. The molecule has 4 heteroatoms. The first-order valence-electron chi connectivity index (χ1n) is 14.4. The molecule has 0 saturated carbocycles. The van der Waals surface area contributed by atoms with Gasteiger partial charge in [0.1, 0.15) is 11.2 Å². The minimum Gasteiger partial charge on any atom is -0.335 e. The van der Waals surface area contributed by atoms with Crippen molar-refractivity contribution in [2.24, 2.45) is 5.41 Å². The number of aryl methyl sites for hydroxylation is 1. The highest BCUT2D eigenvalue weighted by Gasteiger charge is 2.29. The van der Waals surface area contributed by atoms with Crippen molar-refractivity contribution in [3.63, 3.8) is 0 Å². The molecule has 7 rings (SSSR count). The van der Waals surface area contributed by atoms with E-state index in [4.69, 9.17) is 0 Å². The van der Waals surface area contributed by atoms with Crippen LogP contribution in [-0.2, 0) is 6.54 Å². The minimum atomic E-state index is 0.219. The maximum Gasteiger partial charge on any atom is 0.263 e. The normalized spacial score (nSPS) is 18.8. The summed E-state index contributed by atoms with van der Waals surface area (Å²) in [5.74, 6) is 0. The van der Waals surface area contributed by atoms with E-state index in [1.165, 1.54) is 63.5 Å². The third-order valence-electron chi connectivity index (χ3n) is 8.18. The number of rotatable bonds is 4. The highest BCUT2D eigenvalue weighted by molar-refractivity contribution is 8.03. The zero-order valence-electron chi connectivity index (χ0n) is 23.7. The Hall–Kier alpha value is -3.34. The number of hydrogen-bond donors (Lipinski definition) is 0. The summed E-state index contributed by atoms with van der Waals surface area (Å²) in [6, 6.07) is 26.8. The van der Waals surface area contributed by atoms with E-state index in [9.17, 15) is 0 Å². The summed E-state index contributed by atoms with van der Waals surface area (Å²) in [6.45, 7) is 11.3. The summed E-state index contributed by atoms with van der Waals surface area (Å²) in [6.07, 6.45) is 9.57. The quantitative estimate of drug-likeness (QED) is 0.202. The first kappa shape index (κ1) is 25.6. The highest BCUT2D eigenvalue weighted by atomic mass is 32.2. The Morgan fingerprint density at radius 3 is 2.23 bits per heavy atom. The molecule has 1 aromatic heterocycles. The van der Waals surface area contributed by atoms with Crippen molar-refractivity contribution in [1.29, 1.82) is 0 Å². The van der Waals surface area contributed by atoms with Gasteiger partial charge in [-0.15, -0.1) is 0 Å². The fourth-order valence-electron chi connectivity index (χ4n) is 6.45. The molecule has 200 valence electrons. The van der Waals surface area contributed by atoms with Gasteiger partial charge in [0.15, 0.2) is 0 Å². The molecule has 0 spiro atoms. The molecule has 0 saturated heterocycles. The van der Waals surface area contributed by atoms with Gasteiger partial charge in [-0.05, 0) is 89.1 Å². The Bertz CT molecular complexity index is 1890. The molecule has 0 fully saturated rings. The van der Waals surface area contributed by atoms with Crippen LogP contribution in [0.2, 0.25) is 0 Å². The van der Waals surface area contributed by atoms with Crippen LogP contribution in [0.3, 0.4) is 0 Å². The molecule has 0 radical (unpaired) electrons. The molecule has 0 amide bonds. The highest BCUT2D eigenvalue weighted by Crippen LogP contribution is 2.49. The predicted octanol–water partition coefficient (Wildman–Crippen LogP) is 10.1. The Morgan fingerprint density at radius 1 is 0.850 bits per heavy atom. The van der Waals surface area contributed by atoms with Gasteiger partial charge in [0, 0.05) is 23.6 Å². The van der Waals surface area contributed by atoms with Gasteiger partial charge >= 0.3 is 0 Å². The van der Waals surface area contributed by atoms with Crippen LogP contribution < -0.4 is 9.47 Å². The van der Waals surface area contributed by atoms with E-state index in [1.54, 1.807) is 0 Å². The number of aromatic nitrogens is 1. The fraction of sp³-hybridized carbons (Fsp3) is 0.250. The van der Waals surface area contributed by atoms with Gasteiger partial charge in [-0.25, -0.2) is 0 Å². The second kappa shape index (κ2) is 9.94. The average molecular weight is 560 g/mol. The number of thiazole rings is 1. The molecule has 5 aromatic rings. The van der Waals surface area contributed by atoms with E-state index < -0.39 is 0 Å². The smallest absolute Gasteiger partial charge is 0.263 e.